The van der Waals surface area contributed by atoms with Crippen LogP contribution in [0.5, 0.6) is 0 Å². The van der Waals surface area contributed by atoms with Gasteiger partial charge in [-0.25, -0.2) is 0 Å². The maximum atomic E-state index is 6.13. The van der Waals surface area contributed by atoms with Crippen molar-refractivity contribution in [1.29, 1.82) is 0 Å². The van der Waals surface area contributed by atoms with Gasteiger partial charge >= 0.3 is 0 Å². The molecule has 0 spiro atoms. The van der Waals surface area contributed by atoms with E-state index in [0.29, 0.717) is 33.2 Å². The Kier molecular flexibility index (Phi) is 5.58. The Morgan fingerprint density at radius 1 is 1.08 bits per heavy atom. The minimum Gasteiger partial charge on any atom is -0.331 e. The first-order valence-electron chi connectivity index (χ1n) is 7.63. The van der Waals surface area contributed by atoms with E-state index >= 15 is 0 Å². The number of anilines is 2. The molecule has 2 aromatic carbocycles. The molecule has 0 radical (unpaired) electrons. The SMILES string of the molecule is Cc1cc(NC(=S)Nc2cc(Cl)ccc2Cl)nn1Cc1ccccc1. The second kappa shape index (κ2) is 7.87. The third-order valence-electron chi connectivity index (χ3n) is 3.57. The summed E-state index contributed by atoms with van der Waals surface area (Å²) in [6.07, 6.45) is 0. The maximum absolute atomic E-state index is 6.13. The molecule has 3 aromatic rings. The zero-order chi connectivity index (χ0) is 17.8. The van der Waals surface area contributed by atoms with Crippen LogP contribution in [0.1, 0.15) is 11.3 Å². The fourth-order valence-electron chi connectivity index (χ4n) is 2.35. The monoisotopic (exact) mass is 390 g/mol. The van der Waals surface area contributed by atoms with Crippen LogP contribution in [-0.2, 0) is 6.54 Å². The first-order chi connectivity index (χ1) is 12.0. The number of nitrogens with one attached hydrogen (secondary N) is 2. The molecule has 0 aliphatic rings. The fraction of sp³-hybridized carbons (Fsp3) is 0.111. The molecule has 128 valence electrons. The van der Waals surface area contributed by atoms with Crippen LogP contribution in [0.4, 0.5) is 11.5 Å². The molecular weight excluding hydrogens is 375 g/mol. The number of aromatic nitrogens is 2. The van der Waals surface area contributed by atoms with Crippen LogP contribution in [0.2, 0.25) is 10.0 Å². The Morgan fingerprint density at radius 3 is 2.60 bits per heavy atom. The summed E-state index contributed by atoms with van der Waals surface area (Å²) in [6.45, 7) is 2.71. The Bertz CT molecular complexity index is 893. The van der Waals surface area contributed by atoms with Crippen molar-refractivity contribution in [3.05, 3.63) is 75.9 Å². The van der Waals surface area contributed by atoms with Gasteiger partial charge in [0.05, 0.1) is 17.3 Å². The molecule has 1 heterocycles. The van der Waals surface area contributed by atoms with Gasteiger partial charge in [0.15, 0.2) is 10.9 Å². The number of thiocarbonyl (C=S) groups is 1. The van der Waals surface area contributed by atoms with Crippen LogP contribution >= 0.6 is 35.4 Å². The standard InChI is InChI=1S/C18H16Cl2N4S/c1-12-9-17(23-24(12)11-13-5-3-2-4-6-13)22-18(25)21-16-10-14(19)7-8-15(16)20/h2-10H,11H2,1H3,(H2,21,22,23,25). The molecule has 0 amide bonds. The Balaban J connectivity index is 1.68. The normalized spacial score (nSPS) is 10.5. The molecule has 0 saturated heterocycles. The van der Waals surface area contributed by atoms with Gasteiger partial charge in [-0.3, -0.25) is 4.68 Å². The molecular formula is C18H16Cl2N4S. The van der Waals surface area contributed by atoms with E-state index < -0.39 is 0 Å². The van der Waals surface area contributed by atoms with Crippen LogP contribution in [0.25, 0.3) is 0 Å². The molecule has 0 saturated carbocycles. The highest BCUT2D eigenvalue weighted by atomic mass is 35.5. The predicted octanol–water partition coefficient (Wildman–Crippen LogP) is 5.36. The second-order valence-electron chi connectivity index (χ2n) is 5.52. The van der Waals surface area contributed by atoms with Crippen molar-refractivity contribution in [1.82, 2.24) is 9.78 Å². The average molecular weight is 391 g/mol. The van der Waals surface area contributed by atoms with Crippen LogP contribution in [-0.4, -0.2) is 14.9 Å². The molecule has 2 N–H and O–H groups in total. The second-order valence-corrected chi connectivity index (χ2v) is 6.77. The van der Waals surface area contributed by atoms with E-state index in [1.807, 2.05) is 35.9 Å². The molecule has 4 nitrogen and oxygen atoms in total. The average Bonchev–Trinajstić information content (AvgIpc) is 2.91. The summed E-state index contributed by atoms with van der Waals surface area (Å²) < 4.78 is 1.92. The minimum atomic E-state index is 0.397. The summed E-state index contributed by atoms with van der Waals surface area (Å²) >= 11 is 17.4. The quantitative estimate of drug-likeness (QED) is 0.588. The van der Waals surface area contributed by atoms with Crippen molar-refractivity contribution in [2.24, 2.45) is 0 Å². The number of hydrogen-bond acceptors (Lipinski definition) is 2. The minimum absolute atomic E-state index is 0.397. The van der Waals surface area contributed by atoms with Gasteiger partial charge in [0.1, 0.15) is 0 Å². The lowest BCUT2D eigenvalue weighted by Crippen LogP contribution is -2.19. The Hall–Kier alpha value is -2.08. The van der Waals surface area contributed by atoms with E-state index in [0.717, 1.165) is 5.69 Å². The maximum Gasteiger partial charge on any atom is 0.176 e. The summed E-state index contributed by atoms with van der Waals surface area (Å²) in [5.41, 5.74) is 2.87. The topological polar surface area (TPSA) is 41.9 Å². The van der Waals surface area contributed by atoms with E-state index in [1.54, 1.807) is 18.2 Å². The molecule has 0 unspecified atom stereocenters. The van der Waals surface area contributed by atoms with E-state index in [1.165, 1.54) is 5.56 Å². The van der Waals surface area contributed by atoms with Gasteiger partial charge in [0, 0.05) is 16.8 Å². The number of hydrogen-bond donors (Lipinski definition) is 2. The molecule has 7 heteroatoms. The number of nitrogens with zero attached hydrogens (tertiary/aromatic N) is 2. The molecule has 0 aliphatic heterocycles. The largest absolute Gasteiger partial charge is 0.331 e. The van der Waals surface area contributed by atoms with E-state index in [2.05, 4.69) is 27.9 Å². The lowest BCUT2D eigenvalue weighted by Gasteiger charge is -2.10. The van der Waals surface area contributed by atoms with Crippen LogP contribution in [0.3, 0.4) is 0 Å². The van der Waals surface area contributed by atoms with Crippen LogP contribution in [0.15, 0.2) is 54.6 Å². The molecule has 0 aliphatic carbocycles. The van der Waals surface area contributed by atoms with Crippen LogP contribution in [0, 0.1) is 6.92 Å². The van der Waals surface area contributed by atoms with Crippen molar-refractivity contribution in [2.45, 2.75) is 13.5 Å². The van der Waals surface area contributed by atoms with Gasteiger partial charge in [-0.2, -0.15) is 5.10 Å². The summed E-state index contributed by atoms with van der Waals surface area (Å²) in [7, 11) is 0. The van der Waals surface area contributed by atoms with E-state index in [4.69, 9.17) is 35.4 Å². The van der Waals surface area contributed by atoms with Gasteiger partial charge in [-0.1, -0.05) is 53.5 Å². The molecule has 0 atom stereocenters. The highest BCUT2D eigenvalue weighted by Gasteiger charge is 2.08. The lowest BCUT2D eigenvalue weighted by molar-refractivity contribution is 0.668. The van der Waals surface area contributed by atoms with E-state index in [9.17, 15) is 0 Å². The molecule has 0 bridgehead atoms. The Labute approximate surface area is 161 Å². The van der Waals surface area contributed by atoms with Crippen LogP contribution < -0.4 is 10.6 Å². The Morgan fingerprint density at radius 2 is 1.84 bits per heavy atom. The number of aryl methyl sites for hydroxylation is 1. The van der Waals surface area contributed by atoms with Crippen molar-refractivity contribution >= 4 is 52.0 Å². The fourth-order valence-corrected chi connectivity index (χ4v) is 2.90. The van der Waals surface area contributed by atoms with E-state index in [-0.39, 0.29) is 0 Å². The first kappa shape index (κ1) is 17.7. The summed E-state index contributed by atoms with van der Waals surface area (Å²) in [5.74, 6) is 0.670. The number of halogens is 2. The highest BCUT2D eigenvalue weighted by molar-refractivity contribution is 7.80. The first-order valence-corrected chi connectivity index (χ1v) is 8.79. The van der Waals surface area contributed by atoms with Gasteiger partial charge in [-0.05, 0) is 42.9 Å². The summed E-state index contributed by atoms with van der Waals surface area (Å²) in [4.78, 5) is 0. The molecule has 1 aromatic heterocycles. The van der Waals surface area contributed by atoms with Gasteiger partial charge < -0.3 is 10.6 Å². The third kappa shape index (κ3) is 4.72. The smallest absolute Gasteiger partial charge is 0.176 e. The molecule has 3 rings (SSSR count). The number of rotatable bonds is 4. The highest BCUT2D eigenvalue weighted by Crippen LogP contribution is 2.25. The number of benzene rings is 2. The van der Waals surface area contributed by atoms with Gasteiger partial charge in [0.25, 0.3) is 0 Å². The lowest BCUT2D eigenvalue weighted by atomic mass is 10.2. The zero-order valence-corrected chi connectivity index (χ0v) is 15.8. The van der Waals surface area contributed by atoms with Crippen molar-refractivity contribution in [3.8, 4) is 0 Å². The predicted molar refractivity (Wildman–Crippen MR) is 109 cm³/mol. The summed E-state index contributed by atoms with van der Waals surface area (Å²) in [5, 5.41) is 12.2. The van der Waals surface area contributed by atoms with Gasteiger partial charge in [0.2, 0.25) is 0 Å². The van der Waals surface area contributed by atoms with Crippen molar-refractivity contribution in [2.75, 3.05) is 10.6 Å². The van der Waals surface area contributed by atoms with Gasteiger partial charge in [-0.15, -0.1) is 0 Å². The molecule has 0 fully saturated rings. The summed E-state index contributed by atoms with van der Waals surface area (Å²) in [6, 6.07) is 17.3. The van der Waals surface area contributed by atoms with Crippen molar-refractivity contribution < 1.29 is 0 Å². The molecule has 25 heavy (non-hydrogen) atoms. The zero-order valence-electron chi connectivity index (χ0n) is 13.5. The third-order valence-corrected chi connectivity index (χ3v) is 4.34. The van der Waals surface area contributed by atoms with Crippen molar-refractivity contribution in [3.63, 3.8) is 0 Å².